The van der Waals surface area contributed by atoms with E-state index in [1.807, 2.05) is 0 Å². The first-order valence-corrected chi connectivity index (χ1v) is 3.89. The minimum atomic E-state index is -0.219. The van der Waals surface area contributed by atoms with Crippen LogP contribution in [0.25, 0.3) is 0 Å². The summed E-state index contributed by atoms with van der Waals surface area (Å²) >= 11 is 0. The number of carbonyl (C=O) groups excluding carboxylic acids is 1. The van der Waals surface area contributed by atoms with Crippen LogP contribution in [0, 0.1) is 5.92 Å². The van der Waals surface area contributed by atoms with E-state index in [0.717, 1.165) is 0 Å². The van der Waals surface area contributed by atoms with Gasteiger partial charge in [-0.1, -0.05) is 6.58 Å². The van der Waals surface area contributed by atoms with Crippen LogP contribution in [0.2, 0.25) is 0 Å². The van der Waals surface area contributed by atoms with Crippen molar-refractivity contribution in [2.75, 3.05) is 19.8 Å². The monoisotopic (exact) mass is 171 g/mol. The molecule has 1 fully saturated rings. The molecule has 12 heavy (non-hydrogen) atoms. The lowest BCUT2D eigenvalue weighted by atomic mass is 10.1. The maximum atomic E-state index is 10.9. The lowest BCUT2D eigenvalue weighted by Crippen LogP contribution is -2.40. The van der Waals surface area contributed by atoms with Crippen LogP contribution in [0.1, 0.15) is 0 Å². The van der Waals surface area contributed by atoms with E-state index in [1.165, 1.54) is 6.08 Å². The van der Waals surface area contributed by atoms with E-state index in [1.54, 1.807) is 0 Å². The third-order valence-electron chi connectivity index (χ3n) is 1.95. The van der Waals surface area contributed by atoms with Crippen LogP contribution in [0.15, 0.2) is 12.7 Å². The fourth-order valence-corrected chi connectivity index (χ4v) is 1.18. The van der Waals surface area contributed by atoms with Crippen LogP contribution in [0.5, 0.6) is 0 Å². The zero-order valence-electron chi connectivity index (χ0n) is 6.82. The number of aliphatic hydroxyl groups is 1. The van der Waals surface area contributed by atoms with Crippen molar-refractivity contribution in [2.45, 2.75) is 6.04 Å². The topological polar surface area (TPSA) is 58.6 Å². The Bertz CT molecular complexity index is 181. The second kappa shape index (κ2) is 4.23. The minimum absolute atomic E-state index is 0.0221. The SMILES string of the molecule is C=CC(=O)N[C@H]1COC[C@H]1CO. The zero-order chi connectivity index (χ0) is 8.97. The number of carbonyl (C=O) groups is 1. The van der Waals surface area contributed by atoms with Gasteiger partial charge in [0.1, 0.15) is 0 Å². The summed E-state index contributed by atoms with van der Waals surface area (Å²) in [5.74, 6) is -0.196. The number of ether oxygens (including phenoxy) is 1. The predicted molar refractivity (Wildman–Crippen MR) is 43.5 cm³/mol. The maximum absolute atomic E-state index is 10.9. The summed E-state index contributed by atoms with van der Waals surface area (Å²) in [7, 11) is 0. The standard InChI is InChI=1S/C8H13NO3/c1-2-8(11)9-7-5-12-4-6(7)3-10/h2,6-7,10H,1,3-5H2,(H,9,11)/t6-,7+/m1/s1. The summed E-state index contributed by atoms with van der Waals surface area (Å²) < 4.78 is 5.10. The highest BCUT2D eigenvalue weighted by atomic mass is 16.5. The first kappa shape index (κ1) is 9.22. The average Bonchev–Trinajstić information content (AvgIpc) is 2.51. The van der Waals surface area contributed by atoms with Crippen molar-refractivity contribution in [3.05, 3.63) is 12.7 Å². The normalized spacial score (nSPS) is 28.4. The Morgan fingerprint density at radius 3 is 3.08 bits per heavy atom. The van der Waals surface area contributed by atoms with E-state index in [9.17, 15) is 4.79 Å². The van der Waals surface area contributed by atoms with E-state index in [0.29, 0.717) is 13.2 Å². The second-order valence-corrected chi connectivity index (χ2v) is 2.80. The molecule has 1 aliphatic rings. The molecule has 1 heterocycles. The molecule has 1 aliphatic heterocycles. The van der Waals surface area contributed by atoms with E-state index in [4.69, 9.17) is 9.84 Å². The Balaban J connectivity index is 2.40. The van der Waals surface area contributed by atoms with Gasteiger partial charge in [-0.15, -0.1) is 0 Å². The van der Waals surface area contributed by atoms with Crippen molar-refractivity contribution < 1.29 is 14.6 Å². The van der Waals surface area contributed by atoms with Crippen LogP contribution in [-0.2, 0) is 9.53 Å². The van der Waals surface area contributed by atoms with Crippen LogP contribution in [-0.4, -0.2) is 36.9 Å². The van der Waals surface area contributed by atoms with Gasteiger partial charge in [-0.3, -0.25) is 4.79 Å². The molecule has 2 atom stereocenters. The van der Waals surface area contributed by atoms with Gasteiger partial charge in [0.2, 0.25) is 5.91 Å². The summed E-state index contributed by atoms with van der Waals surface area (Å²) in [6, 6.07) is -0.0690. The van der Waals surface area contributed by atoms with E-state index >= 15 is 0 Å². The molecular weight excluding hydrogens is 158 g/mol. The second-order valence-electron chi connectivity index (χ2n) is 2.80. The Morgan fingerprint density at radius 1 is 1.75 bits per heavy atom. The molecule has 0 bridgehead atoms. The molecule has 0 saturated carbocycles. The molecule has 0 aliphatic carbocycles. The molecule has 0 aromatic carbocycles. The van der Waals surface area contributed by atoms with Crippen molar-refractivity contribution in [3.63, 3.8) is 0 Å². The highest BCUT2D eigenvalue weighted by Crippen LogP contribution is 2.12. The summed E-state index contributed by atoms with van der Waals surface area (Å²) in [6.07, 6.45) is 1.22. The smallest absolute Gasteiger partial charge is 0.243 e. The third kappa shape index (κ3) is 2.06. The Labute approximate surface area is 71.2 Å². The van der Waals surface area contributed by atoms with Gasteiger partial charge in [0.05, 0.1) is 25.9 Å². The lowest BCUT2D eigenvalue weighted by Gasteiger charge is -2.15. The maximum Gasteiger partial charge on any atom is 0.243 e. The van der Waals surface area contributed by atoms with Gasteiger partial charge < -0.3 is 15.2 Å². The number of aliphatic hydroxyl groups excluding tert-OH is 1. The largest absolute Gasteiger partial charge is 0.396 e. The summed E-state index contributed by atoms with van der Waals surface area (Å²) in [5, 5.41) is 11.6. The van der Waals surface area contributed by atoms with Gasteiger partial charge in [0.25, 0.3) is 0 Å². The van der Waals surface area contributed by atoms with Gasteiger partial charge in [-0.2, -0.15) is 0 Å². The number of rotatable bonds is 3. The molecule has 68 valence electrons. The lowest BCUT2D eigenvalue weighted by molar-refractivity contribution is -0.117. The number of hydrogen-bond donors (Lipinski definition) is 2. The fraction of sp³-hybridized carbons (Fsp3) is 0.625. The molecule has 0 radical (unpaired) electrons. The van der Waals surface area contributed by atoms with Crippen molar-refractivity contribution in [1.82, 2.24) is 5.32 Å². The molecule has 0 aromatic heterocycles. The van der Waals surface area contributed by atoms with Gasteiger partial charge in [0.15, 0.2) is 0 Å². The van der Waals surface area contributed by atoms with Crippen LogP contribution in [0.4, 0.5) is 0 Å². The van der Waals surface area contributed by atoms with Gasteiger partial charge in [0, 0.05) is 5.92 Å². The number of hydrogen-bond acceptors (Lipinski definition) is 3. The minimum Gasteiger partial charge on any atom is -0.396 e. The fourth-order valence-electron chi connectivity index (χ4n) is 1.18. The summed E-state index contributed by atoms with van der Waals surface area (Å²) in [4.78, 5) is 10.9. The van der Waals surface area contributed by atoms with Gasteiger partial charge in [-0.25, -0.2) is 0 Å². The highest BCUT2D eigenvalue weighted by molar-refractivity contribution is 5.87. The van der Waals surface area contributed by atoms with Crippen molar-refractivity contribution >= 4 is 5.91 Å². The molecule has 1 rings (SSSR count). The highest BCUT2D eigenvalue weighted by Gasteiger charge is 2.28. The van der Waals surface area contributed by atoms with Crippen LogP contribution in [0.3, 0.4) is 0 Å². The van der Waals surface area contributed by atoms with Gasteiger partial charge >= 0.3 is 0 Å². The summed E-state index contributed by atoms with van der Waals surface area (Å²) in [6.45, 7) is 4.37. The first-order valence-electron chi connectivity index (χ1n) is 3.89. The molecular formula is C8H13NO3. The van der Waals surface area contributed by atoms with E-state index in [-0.39, 0.29) is 24.5 Å². The summed E-state index contributed by atoms with van der Waals surface area (Å²) in [5.41, 5.74) is 0. The molecule has 4 heteroatoms. The van der Waals surface area contributed by atoms with Crippen molar-refractivity contribution in [2.24, 2.45) is 5.92 Å². The first-order chi connectivity index (χ1) is 5.77. The van der Waals surface area contributed by atoms with E-state index < -0.39 is 0 Å². The number of amides is 1. The quantitative estimate of drug-likeness (QED) is 0.552. The number of nitrogens with one attached hydrogen (secondary N) is 1. The van der Waals surface area contributed by atoms with Crippen molar-refractivity contribution in [3.8, 4) is 0 Å². The molecule has 2 N–H and O–H groups in total. The molecule has 1 amide bonds. The van der Waals surface area contributed by atoms with Crippen LogP contribution >= 0.6 is 0 Å². The Hall–Kier alpha value is -0.870. The van der Waals surface area contributed by atoms with Crippen LogP contribution < -0.4 is 5.32 Å². The van der Waals surface area contributed by atoms with Crippen molar-refractivity contribution in [1.29, 1.82) is 0 Å². The Morgan fingerprint density at radius 2 is 2.50 bits per heavy atom. The molecule has 0 aromatic rings. The molecule has 0 spiro atoms. The average molecular weight is 171 g/mol. The molecule has 1 saturated heterocycles. The zero-order valence-corrected chi connectivity index (χ0v) is 6.82. The predicted octanol–water partition coefficient (Wildman–Crippen LogP) is -0.704. The Kier molecular flexibility index (Phi) is 3.25. The molecule has 4 nitrogen and oxygen atoms in total. The third-order valence-corrected chi connectivity index (χ3v) is 1.95. The van der Waals surface area contributed by atoms with E-state index in [2.05, 4.69) is 11.9 Å². The van der Waals surface area contributed by atoms with Gasteiger partial charge in [-0.05, 0) is 6.08 Å². The molecule has 0 unspecified atom stereocenters.